The summed E-state index contributed by atoms with van der Waals surface area (Å²) in [4.78, 5) is 15.4. The minimum Gasteiger partial charge on any atom is -0.467 e. The van der Waals surface area contributed by atoms with Crippen molar-refractivity contribution in [3.63, 3.8) is 0 Å². The summed E-state index contributed by atoms with van der Waals surface area (Å²) in [5, 5.41) is 19.7. The van der Waals surface area contributed by atoms with E-state index >= 15 is 4.39 Å². The highest BCUT2D eigenvalue weighted by Gasteiger charge is 2.54. The number of hydrogen-bond acceptors (Lipinski definition) is 10. The Morgan fingerprint density at radius 1 is 0.922 bits per heavy atom. The number of fused-ring (bicyclic) bond motifs is 3. The molecule has 340 valence electrons. The number of aromatic nitrogens is 2. The van der Waals surface area contributed by atoms with Crippen LogP contribution in [-0.2, 0) is 28.5 Å². The summed E-state index contributed by atoms with van der Waals surface area (Å²) in [6.07, 6.45) is 6.95. The summed E-state index contributed by atoms with van der Waals surface area (Å²) in [5.41, 5.74) is 3.16. The Morgan fingerprint density at radius 3 is 2.36 bits per heavy atom. The summed E-state index contributed by atoms with van der Waals surface area (Å²) in [6, 6.07) is 29.4. The summed E-state index contributed by atoms with van der Waals surface area (Å²) >= 11 is 0. The number of nitrogens with zero attached hydrogens (tertiary/aromatic N) is 4. The van der Waals surface area contributed by atoms with Crippen LogP contribution in [0.25, 0.3) is 10.8 Å². The van der Waals surface area contributed by atoms with Gasteiger partial charge in [-0.25, -0.2) is 4.39 Å². The molecule has 0 saturated carbocycles. The van der Waals surface area contributed by atoms with E-state index in [0.717, 1.165) is 78.6 Å². The van der Waals surface area contributed by atoms with Crippen LogP contribution in [0.2, 0.25) is 5.04 Å². The number of anilines is 1. The van der Waals surface area contributed by atoms with E-state index in [4.69, 9.17) is 28.6 Å². The van der Waals surface area contributed by atoms with Gasteiger partial charge in [-0.2, -0.15) is 9.97 Å². The van der Waals surface area contributed by atoms with Crippen LogP contribution in [0, 0.1) is 5.82 Å². The third-order valence-corrected chi connectivity index (χ3v) is 19.8. The normalized spacial score (nSPS) is 23.9. The Labute approximate surface area is 379 Å². The van der Waals surface area contributed by atoms with Crippen molar-refractivity contribution < 1.29 is 28.1 Å². The maximum atomic E-state index is 15.5. The molecule has 4 aliphatic rings. The molecule has 5 heterocycles. The smallest absolute Gasteiger partial charge is 0.317 e. The first-order valence-corrected chi connectivity index (χ1v) is 25.4. The topological polar surface area (TPSA) is 101 Å². The maximum Gasteiger partial charge on any atom is 0.317 e. The first kappa shape index (κ1) is 44.8. The van der Waals surface area contributed by atoms with Crippen LogP contribution < -0.4 is 30.1 Å². The van der Waals surface area contributed by atoms with Gasteiger partial charge < -0.3 is 34.0 Å². The average molecular weight is 888 g/mol. The maximum absolute atomic E-state index is 15.5. The van der Waals surface area contributed by atoms with Crippen LogP contribution in [-0.4, -0.2) is 92.2 Å². The van der Waals surface area contributed by atoms with Gasteiger partial charge in [0.15, 0.2) is 6.79 Å². The van der Waals surface area contributed by atoms with Gasteiger partial charge in [-0.15, -0.1) is 0 Å². The molecular weight excluding hydrogens is 822 g/mol. The Morgan fingerprint density at radius 2 is 1.67 bits per heavy atom. The van der Waals surface area contributed by atoms with E-state index in [-0.39, 0.29) is 35.3 Å². The Kier molecular flexibility index (Phi) is 12.7. The zero-order valence-corrected chi connectivity index (χ0v) is 39.6. The Hall–Kier alpha value is -4.43. The van der Waals surface area contributed by atoms with Crippen LogP contribution in [0.5, 0.6) is 11.8 Å². The molecule has 10 nitrogen and oxygen atoms in total. The highest BCUT2D eigenvalue weighted by molar-refractivity contribution is 6.99. The molecule has 9 rings (SSSR count). The molecule has 2 unspecified atom stereocenters. The SMILES string of the molecule is CCc1c(F)ccc2cc(OCOC)cc(N3CCc4c(nc(OC[C@]56CCCN5[C@H](CO[Si](c5ccccc5)(c5ccccc5)C(C)(C)C)CC6)nc4C4NCCCC4(C)O)C3)c12. The Balaban J connectivity index is 1.02. The van der Waals surface area contributed by atoms with Crippen molar-refractivity contribution in [2.75, 3.05) is 51.7 Å². The predicted molar refractivity (Wildman–Crippen MR) is 254 cm³/mol. The molecule has 5 aromatic rings. The quantitative estimate of drug-likeness (QED) is 0.0843. The number of rotatable bonds is 14. The summed E-state index contributed by atoms with van der Waals surface area (Å²) in [7, 11) is -1.11. The van der Waals surface area contributed by atoms with Gasteiger partial charge >= 0.3 is 6.01 Å². The average Bonchev–Trinajstić information content (AvgIpc) is 3.87. The molecule has 4 aliphatic heterocycles. The van der Waals surface area contributed by atoms with Crippen LogP contribution in [0.4, 0.5) is 10.1 Å². The Bertz CT molecular complexity index is 2390. The van der Waals surface area contributed by atoms with Crippen molar-refractivity contribution in [3.8, 4) is 11.8 Å². The van der Waals surface area contributed by atoms with Gasteiger partial charge in [0, 0.05) is 42.4 Å². The summed E-state index contributed by atoms with van der Waals surface area (Å²) < 4.78 is 41.1. The molecule has 3 saturated heterocycles. The minimum absolute atomic E-state index is 0.101. The van der Waals surface area contributed by atoms with E-state index in [1.807, 2.05) is 32.0 Å². The monoisotopic (exact) mass is 887 g/mol. The number of benzene rings is 4. The molecule has 12 heteroatoms. The predicted octanol–water partition coefficient (Wildman–Crippen LogP) is 8.00. The third kappa shape index (κ3) is 8.23. The second kappa shape index (κ2) is 18.1. The minimum atomic E-state index is -2.71. The summed E-state index contributed by atoms with van der Waals surface area (Å²) in [5.74, 6) is 0.444. The van der Waals surface area contributed by atoms with E-state index in [1.54, 1.807) is 13.2 Å². The second-order valence-electron chi connectivity index (χ2n) is 19.8. The zero-order chi connectivity index (χ0) is 44.7. The molecule has 4 aromatic carbocycles. The van der Waals surface area contributed by atoms with Crippen LogP contribution in [0.3, 0.4) is 0 Å². The molecular formula is C52H66FN5O5Si. The van der Waals surface area contributed by atoms with Crippen molar-refractivity contribution >= 4 is 35.2 Å². The van der Waals surface area contributed by atoms with Crippen molar-refractivity contribution in [3.05, 3.63) is 113 Å². The van der Waals surface area contributed by atoms with Crippen LogP contribution in [0.15, 0.2) is 84.9 Å². The number of piperidine rings is 1. The van der Waals surface area contributed by atoms with E-state index in [9.17, 15) is 5.11 Å². The lowest BCUT2D eigenvalue weighted by Gasteiger charge is -2.44. The fourth-order valence-electron chi connectivity index (χ4n) is 11.6. The highest BCUT2D eigenvalue weighted by Crippen LogP contribution is 2.45. The molecule has 2 N–H and O–H groups in total. The fourth-order valence-corrected chi connectivity index (χ4v) is 16.2. The molecule has 0 bridgehead atoms. The van der Waals surface area contributed by atoms with Crippen molar-refractivity contribution in [2.24, 2.45) is 0 Å². The zero-order valence-electron chi connectivity index (χ0n) is 38.6. The first-order valence-electron chi connectivity index (χ1n) is 23.5. The van der Waals surface area contributed by atoms with E-state index < -0.39 is 13.9 Å². The molecule has 0 spiro atoms. The molecule has 64 heavy (non-hydrogen) atoms. The molecule has 3 fully saturated rings. The van der Waals surface area contributed by atoms with Gasteiger partial charge in [0.25, 0.3) is 8.32 Å². The van der Waals surface area contributed by atoms with Gasteiger partial charge in [-0.1, -0.05) is 94.4 Å². The lowest BCUT2D eigenvalue weighted by Crippen LogP contribution is -2.67. The number of nitrogens with one attached hydrogen (secondary N) is 1. The van der Waals surface area contributed by atoms with Gasteiger partial charge in [-0.05, 0) is 110 Å². The summed E-state index contributed by atoms with van der Waals surface area (Å²) in [6.45, 7) is 15.1. The van der Waals surface area contributed by atoms with Gasteiger partial charge in [0.2, 0.25) is 0 Å². The van der Waals surface area contributed by atoms with Gasteiger partial charge in [-0.3, -0.25) is 4.90 Å². The number of halogens is 1. The number of aryl methyl sites for hydroxylation is 1. The number of hydrogen-bond donors (Lipinski definition) is 2. The van der Waals surface area contributed by atoms with Crippen molar-refractivity contribution in [1.29, 1.82) is 0 Å². The van der Waals surface area contributed by atoms with Crippen LogP contribution >= 0.6 is 0 Å². The number of methoxy groups -OCH3 is 1. The fraction of sp³-hybridized carbons (Fsp3) is 0.500. The lowest BCUT2D eigenvalue weighted by molar-refractivity contribution is -0.00941. The standard InChI is InChI=1S/C52H66FN5O5Si/c1-7-41-43(53)21-20-36-30-38(62-35-60-6)31-45(46(36)41)57-29-23-42-44(32-57)55-49(56-47(42)48-51(5,59)24-14-27-54-48)61-34-52-25-15-28-58(52)37(22-26-52)33-63-64(50(2,3)4,39-16-10-8-11-17-39)40-18-12-9-13-19-40/h8-13,16-21,30-31,37,48,54,59H,7,14-15,22-29,32-35H2,1-6H3/t37-,48?,51?,52+/m0/s1. The molecule has 1 aromatic heterocycles. The van der Waals surface area contributed by atoms with Crippen molar-refractivity contribution in [2.45, 2.75) is 121 Å². The van der Waals surface area contributed by atoms with Gasteiger partial charge in [0.1, 0.15) is 18.2 Å². The molecule has 0 radical (unpaired) electrons. The van der Waals surface area contributed by atoms with Crippen LogP contribution in [0.1, 0.15) is 102 Å². The molecule has 0 amide bonds. The number of ether oxygens (including phenoxy) is 3. The van der Waals surface area contributed by atoms with Gasteiger partial charge in [0.05, 0.1) is 41.7 Å². The van der Waals surface area contributed by atoms with E-state index in [0.29, 0.717) is 62.9 Å². The van der Waals surface area contributed by atoms with E-state index in [1.165, 1.54) is 10.4 Å². The second-order valence-corrected chi connectivity index (χ2v) is 24.1. The van der Waals surface area contributed by atoms with E-state index in [2.05, 4.69) is 96.6 Å². The molecule has 4 atom stereocenters. The highest BCUT2D eigenvalue weighted by atomic mass is 28.4. The largest absolute Gasteiger partial charge is 0.467 e. The first-order chi connectivity index (χ1) is 30.9. The lowest BCUT2D eigenvalue weighted by atomic mass is 9.83. The third-order valence-electron chi connectivity index (χ3n) is 14.8. The molecule has 0 aliphatic carbocycles. The number of aliphatic hydroxyl groups is 1. The van der Waals surface area contributed by atoms with Crippen molar-refractivity contribution in [1.82, 2.24) is 20.2 Å².